The van der Waals surface area contributed by atoms with Gasteiger partial charge in [-0.25, -0.2) is 22.3 Å². The van der Waals surface area contributed by atoms with E-state index < -0.39 is 44.0 Å². The van der Waals surface area contributed by atoms with E-state index in [0.29, 0.717) is 5.56 Å². The van der Waals surface area contributed by atoms with Crippen LogP contribution in [0.15, 0.2) is 29.3 Å². The monoisotopic (exact) mass is 383 g/mol. The molecular formula is C16H18FN3O5S. The van der Waals surface area contributed by atoms with Crippen molar-refractivity contribution in [3.05, 3.63) is 41.5 Å². The van der Waals surface area contributed by atoms with Crippen LogP contribution in [0.5, 0.6) is 5.75 Å². The predicted molar refractivity (Wildman–Crippen MR) is 89.0 cm³/mol. The van der Waals surface area contributed by atoms with Crippen LogP contribution in [0.25, 0.3) is 0 Å². The topological polar surface area (TPSA) is 111 Å². The minimum atomic E-state index is -4.18. The first kappa shape index (κ1) is 18.3. The van der Waals surface area contributed by atoms with E-state index in [1.807, 2.05) is 0 Å². The summed E-state index contributed by atoms with van der Waals surface area (Å²) in [4.78, 5) is 10.9. The Morgan fingerprint density at radius 2 is 2.15 bits per heavy atom. The fourth-order valence-corrected chi connectivity index (χ4v) is 4.41. The van der Waals surface area contributed by atoms with Crippen LogP contribution in [0, 0.1) is 5.82 Å². The highest BCUT2D eigenvalue weighted by atomic mass is 32.2. The predicted octanol–water partition coefficient (Wildman–Crippen LogP) is 1.84. The fourth-order valence-electron chi connectivity index (χ4n) is 3.04. The van der Waals surface area contributed by atoms with E-state index in [4.69, 9.17) is 4.74 Å². The van der Waals surface area contributed by atoms with Crippen molar-refractivity contribution in [2.24, 2.45) is 7.05 Å². The number of rotatable bonds is 4. The van der Waals surface area contributed by atoms with Gasteiger partial charge in [0.25, 0.3) is 0 Å². The molecule has 2 aromatic rings. The number of carbonyl (C=O) groups is 1. The summed E-state index contributed by atoms with van der Waals surface area (Å²) in [6.45, 7) is 3.52. The van der Waals surface area contributed by atoms with E-state index >= 15 is 0 Å². The quantitative estimate of drug-likeness (QED) is 0.834. The second-order valence-corrected chi connectivity index (χ2v) is 8.39. The molecule has 1 aliphatic rings. The smallest absolute Gasteiger partial charge is 0.355 e. The molecule has 140 valence electrons. The number of carboxylic acid groups (broad SMARTS) is 1. The molecule has 1 aromatic carbocycles. The molecule has 0 amide bonds. The molecule has 0 saturated heterocycles. The standard InChI is InChI=1S/C16H18FN3O5S/c1-16(2)7-11(10-5-4-9(17)6-12(10)25-16)19-26(23,24)13-8-18-20(3)14(13)15(21)22/h4-6,8,11,19H,7H2,1-3H3,(H,21,22). The number of hydrogen-bond donors (Lipinski definition) is 2. The van der Waals surface area contributed by atoms with Gasteiger partial charge >= 0.3 is 5.97 Å². The lowest BCUT2D eigenvalue weighted by molar-refractivity contribution is 0.0674. The van der Waals surface area contributed by atoms with Gasteiger partial charge in [0, 0.05) is 25.1 Å². The van der Waals surface area contributed by atoms with Crippen LogP contribution in [0.3, 0.4) is 0 Å². The number of nitrogens with one attached hydrogen (secondary N) is 1. The third kappa shape index (κ3) is 3.29. The number of halogens is 1. The summed E-state index contributed by atoms with van der Waals surface area (Å²) in [6.07, 6.45) is 1.27. The lowest BCUT2D eigenvalue weighted by atomic mass is 9.90. The number of aromatic carboxylic acids is 1. The van der Waals surface area contributed by atoms with E-state index in [2.05, 4.69) is 9.82 Å². The zero-order valence-corrected chi connectivity index (χ0v) is 15.2. The number of carboxylic acids is 1. The number of aryl methyl sites for hydroxylation is 1. The van der Waals surface area contributed by atoms with Crippen LogP contribution in [0.2, 0.25) is 0 Å². The normalized spacial score (nSPS) is 18.8. The van der Waals surface area contributed by atoms with Gasteiger partial charge in [0.15, 0.2) is 5.69 Å². The van der Waals surface area contributed by atoms with Gasteiger partial charge in [-0.1, -0.05) is 6.07 Å². The Labute approximate surface area is 149 Å². The molecule has 0 bridgehead atoms. The number of benzene rings is 1. The van der Waals surface area contributed by atoms with E-state index in [1.54, 1.807) is 13.8 Å². The number of nitrogens with zero attached hydrogens (tertiary/aromatic N) is 2. The summed E-state index contributed by atoms with van der Waals surface area (Å²) in [5.41, 5.74) is -0.698. The molecule has 10 heteroatoms. The number of fused-ring (bicyclic) bond motifs is 1. The van der Waals surface area contributed by atoms with Crippen molar-refractivity contribution in [1.82, 2.24) is 14.5 Å². The van der Waals surface area contributed by atoms with E-state index in [-0.39, 0.29) is 12.2 Å². The summed E-state index contributed by atoms with van der Waals surface area (Å²) in [7, 11) is -2.84. The molecule has 1 aromatic heterocycles. The number of sulfonamides is 1. The Balaban J connectivity index is 2.02. The number of aromatic nitrogens is 2. The van der Waals surface area contributed by atoms with Crippen molar-refractivity contribution < 1.29 is 27.4 Å². The minimum Gasteiger partial charge on any atom is -0.487 e. The molecule has 2 heterocycles. The molecule has 26 heavy (non-hydrogen) atoms. The van der Waals surface area contributed by atoms with Crippen molar-refractivity contribution in [1.29, 1.82) is 0 Å². The van der Waals surface area contributed by atoms with Crippen LogP contribution >= 0.6 is 0 Å². The van der Waals surface area contributed by atoms with Crippen LogP contribution in [-0.4, -0.2) is 34.9 Å². The maximum Gasteiger partial charge on any atom is 0.355 e. The van der Waals surface area contributed by atoms with Gasteiger partial charge in [-0.2, -0.15) is 5.10 Å². The van der Waals surface area contributed by atoms with Crippen LogP contribution in [0.1, 0.15) is 42.4 Å². The molecule has 0 fully saturated rings. The van der Waals surface area contributed by atoms with Gasteiger partial charge in [0.05, 0.1) is 12.2 Å². The molecule has 1 aliphatic heterocycles. The van der Waals surface area contributed by atoms with Crippen LogP contribution in [0.4, 0.5) is 4.39 Å². The third-order valence-electron chi connectivity index (χ3n) is 4.13. The summed E-state index contributed by atoms with van der Waals surface area (Å²) in [5.74, 6) is -1.65. The van der Waals surface area contributed by atoms with Crippen molar-refractivity contribution in [3.8, 4) is 5.75 Å². The fraction of sp³-hybridized carbons (Fsp3) is 0.375. The first-order valence-electron chi connectivity index (χ1n) is 7.76. The summed E-state index contributed by atoms with van der Waals surface area (Å²) in [5, 5.41) is 13.0. The van der Waals surface area contributed by atoms with Gasteiger partial charge < -0.3 is 9.84 Å². The van der Waals surface area contributed by atoms with Crippen molar-refractivity contribution in [3.63, 3.8) is 0 Å². The zero-order chi connectivity index (χ0) is 19.3. The molecule has 3 rings (SSSR count). The van der Waals surface area contributed by atoms with Crippen molar-refractivity contribution >= 4 is 16.0 Å². The first-order valence-corrected chi connectivity index (χ1v) is 9.24. The number of hydrogen-bond acceptors (Lipinski definition) is 5. The van der Waals surface area contributed by atoms with E-state index in [9.17, 15) is 22.7 Å². The molecule has 2 N–H and O–H groups in total. The van der Waals surface area contributed by atoms with Gasteiger partial charge in [-0.3, -0.25) is 4.68 Å². The molecule has 8 nitrogen and oxygen atoms in total. The SMILES string of the molecule is Cn1ncc(S(=O)(=O)NC2CC(C)(C)Oc3cc(F)ccc32)c1C(=O)O. The maximum atomic E-state index is 13.5. The second kappa shape index (κ2) is 6.06. The Hall–Kier alpha value is -2.46. The lowest BCUT2D eigenvalue weighted by Gasteiger charge is -2.37. The van der Waals surface area contributed by atoms with Crippen LogP contribution < -0.4 is 9.46 Å². The largest absolute Gasteiger partial charge is 0.487 e. The summed E-state index contributed by atoms with van der Waals surface area (Å²) < 4.78 is 48.3. The molecule has 0 aliphatic carbocycles. The average Bonchev–Trinajstić information content (AvgIpc) is 2.88. The molecule has 0 spiro atoms. The molecule has 1 unspecified atom stereocenters. The minimum absolute atomic E-state index is 0.249. The average molecular weight is 383 g/mol. The van der Waals surface area contributed by atoms with Gasteiger partial charge in [0.2, 0.25) is 10.0 Å². The molecular weight excluding hydrogens is 365 g/mol. The van der Waals surface area contributed by atoms with E-state index in [1.165, 1.54) is 25.2 Å². The van der Waals surface area contributed by atoms with Gasteiger partial charge in [-0.05, 0) is 19.9 Å². The summed E-state index contributed by atoms with van der Waals surface area (Å²) in [6, 6.07) is 3.16. The molecule has 0 saturated carbocycles. The third-order valence-corrected chi connectivity index (χ3v) is 5.60. The number of ether oxygens (including phenoxy) is 1. The molecule has 0 radical (unpaired) electrons. The maximum absolute atomic E-state index is 13.5. The first-order chi connectivity index (χ1) is 12.0. The summed E-state index contributed by atoms with van der Waals surface area (Å²) >= 11 is 0. The lowest BCUT2D eigenvalue weighted by Crippen LogP contribution is -2.41. The van der Waals surface area contributed by atoms with Crippen molar-refractivity contribution in [2.45, 2.75) is 36.8 Å². The van der Waals surface area contributed by atoms with Gasteiger partial charge in [-0.15, -0.1) is 0 Å². The van der Waals surface area contributed by atoms with Crippen molar-refractivity contribution in [2.75, 3.05) is 0 Å². The Bertz CT molecular complexity index is 984. The zero-order valence-electron chi connectivity index (χ0n) is 14.4. The Kier molecular flexibility index (Phi) is 4.27. The second-order valence-electron chi connectivity index (χ2n) is 6.71. The highest BCUT2D eigenvalue weighted by Crippen LogP contribution is 2.40. The van der Waals surface area contributed by atoms with Crippen LogP contribution in [-0.2, 0) is 17.1 Å². The van der Waals surface area contributed by atoms with Gasteiger partial charge in [0.1, 0.15) is 22.1 Å². The Morgan fingerprint density at radius 3 is 2.81 bits per heavy atom. The highest BCUT2D eigenvalue weighted by Gasteiger charge is 2.37. The Morgan fingerprint density at radius 1 is 1.46 bits per heavy atom. The highest BCUT2D eigenvalue weighted by molar-refractivity contribution is 7.89. The van der Waals surface area contributed by atoms with E-state index in [0.717, 1.165) is 10.9 Å². The molecule has 1 atom stereocenters.